The van der Waals surface area contributed by atoms with Crippen molar-refractivity contribution in [3.63, 3.8) is 0 Å². The summed E-state index contributed by atoms with van der Waals surface area (Å²) in [5, 5.41) is 7.08. The van der Waals surface area contributed by atoms with E-state index in [-0.39, 0.29) is 17.6 Å². The van der Waals surface area contributed by atoms with Gasteiger partial charge in [0.1, 0.15) is 5.82 Å². The zero-order chi connectivity index (χ0) is 27.3. The molecule has 0 spiro atoms. The molecule has 6 rings (SSSR count). The lowest BCUT2D eigenvalue weighted by atomic mass is 9.98. The highest BCUT2D eigenvalue weighted by Gasteiger charge is 2.33. The SMILES string of the molecule is CNC(=O)c1cccc(N2CCN(c3cccc(-c4ccc(-n5c(C6CC6)nn(C)c5=O)cc4)c3C)C2=O)c1. The molecule has 0 unspecified atom stereocenters. The van der Waals surface area contributed by atoms with Gasteiger partial charge in [-0.05, 0) is 72.9 Å². The number of carbonyl (C=O) groups excluding carboxylic acids is 2. The van der Waals surface area contributed by atoms with Crippen LogP contribution in [0.2, 0.25) is 0 Å². The average Bonchev–Trinajstić information content (AvgIpc) is 3.67. The molecule has 9 heteroatoms. The van der Waals surface area contributed by atoms with Crippen LogP contribution in [0.5, 0.6) is 0 Å². The molecule has 1 saturated heterocycles. The molecule has 198 valence electrons. The van der Waals surface area contributed by atoms with Crippen LogP contribution >= 0.6 is 0 Å². The number of aryl methyl sites for hydroxylation is 1. The van der Waals surface area contributed by atoms with Crippen molar-refractivity contribution in [3.05, 3.63) is 94.2 Å². The fourth-order valence-corrected chi connectivity index (χ4v) is 5.31. The van der Waals surface area contributed by atoms with Gasteiger partial charge in [0.15, 0.2) is 0 Å². The molecule has 1 aromatic heterocycles. The minimum Gasteiger partial charge on any atom is -0.355 e. The summed E-state index contributed by atoms with van der Waals surface area (Å²) in [5.74, 6) is 0.986. The van der Waals surface area contributed by atoms with E-state index < -0.39 is 0 Å². The maximum Gasteiger partial charge on any atom is 0.350 e. The third-order valence-corrected chi connectivity index (χ3v) is 7.58. The van der Waals surface area contributed by atoms with Crippen molar-refractivity contribution in [1.82, 2.24) is 19.7 Å². The maximum atomic E-state index is 13.5. The highest BCUT2D eigenvalue weighted by molar-refractivity contribution is 6.07. The molecule has 3 aromatic carbocycles. The molecule has 1 saturated carbocycles. The summed E-state index contributed by atoms with van der Waals surface area (Å²) < 4.78 is 3.11. The van der Waals surface area contributed by atoms with E-state index in [1.807, 2.05) is 55.5 Å². The largest absolute Gasteiger partial charge is 0.355 e. The van der Waals surface area contributed by atoms with Crippen LogP contribution in [0.4, 0.5) is 16.2 Å². The Labute approximate surface area is 226 Å². The van der Waals surface area contributed by atoms with Crippen LogP contribution in [0.3, 0.4) is 0 Å². The number of rotatable bonds is 6. The van der Waals surface area contributed by atoms with Crippen molar-refractivity contribution < 1.29 is 9.59 Å². The van der Waals surface area contributed by atoms with Crippen molar-refractivity contribution in [2.24, 2.45) is 7.05 Å². The van der Waals surface area contributed by atoms with E-state index >= 15 is 0 Å². The second kappa shape index (κ2) is 9.58. The van der Waals surface area contributed by atoms with Crippen molar-refractivity contribution in [2.45, 2.75) is 25.7 Å². The molecule has 2 aliphatic rings. The quantitative estimate of drug-likeness (QED) is 0.410. The lowest BCUT2D eigenvalue weighted by Crippen LogP contribution is -2.32. The van der Waals surface area contributed by atoms with Gasteiger partial charge < -0.3 is 5.32 Å². The molecule has 2 fully saturated rings. The molecular weight excluding hydrogens is 492 g/mol. The number of anilines is 2. The Morgan fingerprint density at radius 2 is 1.64 bits per heavy atom. The first-order chi connectivity index (χ1) is 18.9. The topological polar surface area (TPSA) is 92.5 Å². The van der Waals surface area contributed by atoms with Crippen LogP contribution in [0, 0.1) is 6.92 Å². The molecule has 1 N–H and O–H groups in total. The van der Waals surface area contributed by atoms with Crippen LogP contribution in [-0.4, -0.2) is 46.4 Å². The number of hydrogen-bond acceptors (Lipinski definition) is 4. The third-order valence-electron chi connectivity index (χ3n) is 7.58. The number of amides is 3. The Balaban J connectivity index is 1.28. The number of benzene rings is 3. The fourth-order valence-electron chi connectivity index (χ4n) is 5.31. The van der Waals surface area contributed by atoms with E-state index in [1.165, 1.54) is 4.68 Å². The Bertz CT molecular complexity index is 1650. The Kier molecular flexibility index (Phi) is 6.06. The van der Waals surface area contributed by atoms with Crippen molar-refractivity contribution in [3.8, 4) is 16.8 Å². The van der Waals surface area contributed by atoms with Gasteiger partial charge in [0.2, 0.25) is 0 Å². The number of carbonyl (C=O) groups is 2. The van der Waals surface area contributed by atoms with Crippen LogP contribution < -0.4 is 20.8 Å². The maximum absolute atomic E-state index is 13.5. The molecular formula is C30H30N6O3. The van der Waals surface area contributed by atoms with Gasteiger partial charge in [0.25, 0.3) is 5.91 Å². The molecule has 0 atom stereocenters. The monoisotopic (exact) mass is 522 g/mol. The molecule has 39 heavy (non-hydrogen) atoms. The van der Waals surface area contributed by atoms with Crippen molar-refractivity contribution in [2.75, 3.05) is 29.9 Å². The highest BCUT2D eigenvalue weighted by atomic mass is 16.2. The summed E-state index contributed by atoms with van der Waals surface area (Å²) in [6.45, 7) is 3.09. The van der Waals surface area contributed by atoms with Gasteiger partial charge >= 0.3 is 11.7 Å². The third kappa shape index (κ3) is 4.29. The fraction of sp³-hybridized carbons (Fsp3) is 0.267. The van der Waals surface area contributed by atoms with Gasteiger partial charge in [0, 0.05) is 50.0 Å². The van der Waals surface area contributed by atoms with Crippen LogP contribution in [0.25, 0.3) is 16.8 Å². The van der Waals surface area contributed by atoms with Crippen LogP contribution in [0.1, 0.15) is 40.5 Å². The smallest absolute Gasteiger partial charge is 0.350 e. The van der Waals surface area contributed by atoms with E-state index in [4.69, 9.17) is 0 Å². The van der Waals surface area contributed by atoms with Crippen LogP contribution in [0.15, 0.2) is 71.5 Å². The minimum absolute atomic E-state index is 0.122. The van der Waals surface area contributed by atoms with Gasteiger partial charge in [-0.1, -0.05) is 30.3 Å². The number of hydrogen-bond donors (Lipinski definition) is 1. The molecule has 0 bridgehead atoms. The van der Waals surface area contributed by atoms with E-state index in [0.717, 1.165) is 46.7 Å². The molecule has 4 aromatic rings. The van der Waals surface area contributed by atoms with Crippen LogP contribution in [-0.2, 0) is 7.05 Å². The molecule has 1 aliphatic heterocycles. The van der Waals surface area contributed by atoms with E-state index in [0.29, 0.717) is 30.3 Å². The zero-order valence-electron chi connectivity index (χ0n) is 22.2. The first-order valence-corrected chi connectivity index (χ1v) is 13.1. The predicted octanol–water partition coefficient (Wildman–Crippen LogP) is 4.23. The van der Waals surface area contributed by atoms with Crippen molar-refractivity contribution in [1.29, 1.82) is 0 Å². The minimum atomic E-state index is -0.188. The summed E-state index contributed by atoms with van der Waals surface area (Å²) in [7, 11) is 3.28. The molecule has 1 aliphatic carbocycles. The van der Waals surface area contributed by atoms with Crippen molar-refractivity contribution >= 4 is 23.3 Å². The average molecular weight is 523 g/mol. The second-order valence-electron chi connectivity index (χ2n) is 10.1. The molecule has 9 nitrogen and oxygen atoms in total. The number of aromatic nitrogens is 3. The summed E-state index contributed by atoms with van der Waals surface area (Å²) in [4.78, 5) is 41.8. The lowest BCUT2D eigenvalue weighted by molar-refractivity contribution is 0.0963. The normalized spacial score (nSPS) is 15.2. The molecule has 3 amide bonds. The summed E-state index contributed by atoms with van der Waals surface area (Å²) >= 11 is 0. The Morgan fingerprint density at radius 1 is 0.923 bits per heavy atom. The summed E-state index contributed by atoms with van der Waals surface area (Å²) in [5.41, 5.74) is 5.75. The van der Waals surface area contributed by atoms with E-state index in [1.54, 1.807) is 46.7 Å². The molecule has 2 heterocycles. The van der Waals surface area contributed by atoms with Gasteiger partial charge in [-0.25, -0.2) is 18.8 Å². The summed E-state index contributed by atoms with van der Waals surface area (Å²) in [6.07, 6.45) is 2.12. The van der Waals surface area contributed by atoms with Gasteiger partial charge in [-0.15, -0.1) is 0 Å². The number of nitrogens with zero attached hydrogens (tertiary/aromatic N) is 5. The zero-order valence-corrected chi connectivity index (χ0v) is 22.2. The number of nitrogens with one attached hydrogen (secondary N) is 1. The van der Waals surface area contributed by atoms with E-state index in [2.05, 4.69) is 10.4 Å². The Morgan fingerprint density at radius 3 is 2.36 bits per heavy atom. The van der Waals surface area contributed by atoms with Gasteiger partial charge in [-0.2, -0.15) is 5.10 Å². The van der Waals surface area contributed by atoms with E-state index in [9.17, 15) is 14.4 Å². The lowest BCUT2D eigenvalue weighted by Gasteiger charge is -2.22. The molecule has 0 radical (unpaired) electrons. The van der Waals surface area contributed by atoms with Gasteiger partial charge in [-0.3, -0.25) is 14.6 Å². The van der Waals surface area contributed by atoms with Gasteiger partial charge in [0.05, 0.1) is 5.69 Å². The Hall–Kier alpha value is -4.66. The predicted molar refractivity (Wildman–Crippen MR) is 151 cm³/mol. The first-order valence-electron chi connectivity index (χ1n) is 13.1. The second-order valence-corrected chi connectivity index (χ2v) is 10.1. The number of urea groups is 1. The first kappa shape index (κ1) is 24.7. The summed E-state index contributed by atoms with van der Waals surface area (Å²) in [6, 6.07) is 20.9. The highest BCUT2D eigenvalue weighted by Crippen LogP contribution is 2.39. The standard InChI is InChI=1S/C30H30N6O3/c1-19-25(20-12-14-23(15-13-20)36-27(21-10-11-21)32-33(3)29(36)38)8-5-9-26(19)35-17-16-34(30(35)39)24-7-4-6-22(18-24)28(37)31-2/h4-9,12-15,18,21H,10-11,16-17H2,1-3H3,(H,31,37).